The van der Waals surface area contributed by atoms with Crippen molar-refractivity contribution < 1.29 is 14.4 Å². The van der Waals surface area contributed by atoms with E-state index in [9.17, 15) is 14.4 Å². The lowest BCUT2D eigenvalue weighted by atomic mass is 9.83. The van der Waals surface area contributed by atoms with Gasteiger partial charge < -0.3 is 21.3 Å². The standard InChI is InChI=1S/C40H54N4O3S/c1-6-29-22-24-30(25-23-29)27-48-40(3,4)36(44-38(46)35(33-20-14-9-15-21-33)43-37(45)28(2)41-5)39(47)42-26-34(31-16-10-7-11-17-31)32-18-12-8-13-19-32/h7-8,10-13,16-19,22-25,28,33-36,41H,6,9,14-15,20-21,26-27H2,1-5H3,(H,42,47)(H,43,45)(H,44,46)/t28?,35-,36?/m0/s1. The molecule has 3 aromatic carbocycles. The maximum absolute atomic E-state index is 14.3. The topological polar surface area (TPSA) is 99.3 Å². The average Bonchev–Trinajstić information content (AvgIpc) is 3.12. The normalized spacial score (nSPS) is 15.7. The number of hydrogen-bond donors (Lipinski definition) is 4. The van der Waals surface area contributed by atoms with Crippen LogP contribution in [0.3, 0.4) is 0 Å². The number of amides is 3. The molecule has 1 aliphatic rings. The van der Waals surface area contributed by atoms with Crippen LogP contribution in [0, 0.1) is 5.92 Å². The highest BCUT2D eigenvalue weighted by molar-refractivity contribution is 7.99. The molecule has 0 aliphatic heterocycles. The molecule has 0 radical (unpaired) electrons. The number of carbonyl (C=O) groups excluding carboxylic acids is 3. The van der Waals surface area contributed by atoms with E-state index in [1.807, 2.05) is 50.2 Å². The van der Waals surface area contributed by atoms with Crippen molar-refractivity contribution in [2.45, 2.75) is 101 Å². The minimum atomic E-state index is -0.846. The number of rotatable bonds is 16. The minimum Gasteiger partial charge on any atom is -0.353 e. The largest absolute Gasteiger partial charge is 0.353 e. The van der Waals surface area contributed by atoms with Crippen LogP contribution < -0.4 is 21.3 Å². The Morgan fingerprint density at radius 1 is 0.771 bits per heavy atom. The van der Waals surface area contributed by atoms with Crippen LogP contribution in [0.15, 0.2) is 84.9 Å². The van der Waals surface area contributed by atoms with Crippen molar-refractivity contribution in [3.63, 3.8) is 0 Å². The summed E-state index contributed by atoms with van der Waals surface area (Å²) in [7, 11) is 1.73. The summed E-state index contributed by atoms with van der Waals surface area (Å²) in [5, 5.41) is 12.4. The molecule has 4 rings (SSSR count). The third-order valence-corrected chi connectivity index (χ3v) is 11.2. The molecule has 0 bridgehead atoms. The van der Waals surface area contributed by atoms with E-state index >= 15 is 0 Å². The molecule has 3 amide bonds. The van der Waals surface area contributed by atoms with Crippen molar-refractivity contribution in [1.29, 1.82) is 0 Å². The zero-order chi connectivity index (χ0) is 34.5. The number of hydrogen-bond acceptors (Lipinski definition) is 5. The summed E-state index contributed by atoms with van der Waals surface area (Å²) in [6.45, 7) is 8.34. The van der Waals surface area contributed by atoms with Crippen molar-refractivity contribution >= 4 is 29.5 Å². The van der Waals surface area contributed by atoms with Crippen LogP contribution in [0.2, 0.25) is 0 Å². The second-order valence-corrected chi connectivity index (χ2v) is 15.1. The Labute approximate surface area is 291 Å². The highest BCUT2D eigenvalue weighted by atomic mass is 32.2. The van der Waals surface area contributed by atoms with E-state index in [2.05, 4.69) is 76.7 Å². The molecule has 4 N–H and O–H groups in total. The van der Waals surface area contributed by atoms with Crippen LogP contribution in [0.5, 0.6) is 0 Å². The SMILES string of the molecule is CCc1ccc(CSC(C)(C)C(NC(=O)[C@@H](NC(=O)C(C)NC)C2CCCCC2)C(=O)NCC(c2ccccc2)c2ccccc2)cc1. The zero-order valence-electron chi connectivity index (χ0n) is 29.3. The molecular formula is C40H54N4O3S. The quantitative estimate of drug-likeness (QED) is 0.142. The highest BCUT2D eigenvalue weighted by Crippen LogP contribution is 2.33. The Bertz CT molecular complexity index is 1400. The van der Waals surface area contributed by atoms with Gasteiger partial charge in [0.1, 0.15) is 12.1 Å². The fourth-order valence-corrected chi connectivity index (χ4v) is 7.45. The van der Waals surface area contributed by atoms with Gasteiger partial charge in [0, 0.05) is 23.0 Å². The maximum Gasteiger partial charge on any atom is 0.244 e. The van der Waals surface area contributed by atoms with Gasteiger partial charge in [0.25, 0.3) is 0 Å². The first kappa shape index (κ1) is 37.2. The van der Waals surface area contributed by atoms with Gasteiger partial charge >= 0.3 is 0 Å². The molecule has 48 heavy (non-hydrogen) atoms. The summed E-state index contributed by atoms with van der Waals surface area (Å²) in [6, 6.07) is 26.9. The van der Waals surface area contributed by atoms with Crippen LogP contribution in [0.1, 0.15) is 88.0 Å². The fourth-order valence-electron chi connectivity index (χ4n) is 6.39. The van der Waals surface area contributed by atoms with Gasteiger partial charge in [0.2, 0.25) is 17.7 Å². The smallest absolute Gasteiger partial charge is 0.244 e. The first-order valence-corrected chi connectivity index (χ1v) is 18.5. The average molecular weight is 671 g/mol. The summed E-state index contributed by atoms with van der Waals surface area (Å²) in [6.07, 6.45) is 5.88. The summed E-state index contributed by atoms with van der Waals surface area (Å²) < 4.78 is -0.669. The Balaban J connectivity index is 1.59. The first-order chi connectivity index (χ1) is 23.1. The van der Waals surface area contributed by atoms with E-state index in [0.29, 0.717) is 12.3 Å². The second-order valence-electron chi connectivity index (χ2n) is 13.5. The van der Waals surface area contributed by atoms with E-state index in [1.165, 1.54) is 5.56 Å². The number of nitrogens with one attached hydrogen (secondary N) is 4. The molecule has 2 unspecified atom stereocenters. The van der Waals surface area contributed by atoms with Gasteiger partial charge in [0.05, 0.1) is 6.04 Å². The Kier molecular flexibility index (Phi) is 14.1. The molecule has 1 fully saturated rings. The first-order valence-electron chi connectivity index (χ1n) is 17.5. The van der Waals surface area contributed by atoms with Crippen LogP contribution in [0.4, 0.5) is 0 Å². The van der Waals surface area contributed by atoms with Gasteiger partial charge in [-0.3, -0.25) is 14.4 Å². The summed E-state index contributed by atoms with van der Waals surface area (Å²) >= 11 is 1.65. The van der Waals surface area contributed by atoms with Gasteiger partial charge in [-0.05, 0) is 75.3 Å². The van der Waals surface area contributed by atoms with E-state index < -0.39 is 22.9 Å². The van der Waals surface area contributed by atoms with E-state index in [4.69, 9.17) is 0 Å². The molecule has 0 spiro atoms. The molecule has 1 saturated carbocycles. The third kappa shape index (κ3) is 10.4. The van der Waals surface area contributed by atoms with Crippen LogP contribution in [-0.4, -0.2) is 54.2 Å². The van der Waals surface area contributed by atoms with Gasteiger partial charge in [-0.25, -0.2) is 0 Å². The monoisotopic (exact) mass is 670 g/mol. The lowest BCUT2D eigenvalue weighted by Crippen LogP contribution is -2.62. The predicted molar refractivity (Wildman–Crippen MR) is 198 cm³/mol. The van der Waals surface area contributed by atoms with E-state index in [0.717, 1.165) is 55.2 Å². The molecule has 258 valence electrons. The van der Waals surface area contributed by atoms with Crippen molar-refractivity contribution in [2.24, 2.45) is 5.92 Å². The van der Waals surface area contributed by atoms with Crippen LogP contribution in [0.25, 0.3) is 0 Å². The van der Waals surface area contributed by atoms with Crippen molar-refractivity contribution in [2.75, 3.05) is 13.6 Å². The van der Waals surface area contributed by atoms with Gasteiger partial charge in [0.15, 0.2) is 0 Å². The zero-order valence-corrected chi connectivity index (χ0v) is 30.1. The van der Waals surface area contributed by atoms with Gasteiger partial charge in [-0.1, -0.05) is 111 Å². The second kappa shape index (κ2) is 18.2. The number of benzene rings is 3. The fraction of sp³-hybridized carbons (Fsp3) is 0.475. The van der Waals surface area contributed by atoms with E-state index in [1.54, 1.807) is 25.7 Å². The maximum atomic E-state index is 14.3. The van der Waals surface area contributed by atoms with E-state index in [-0.39, 0.29) is 29.6 Å². The molecule has 0 aromatic heterocycles. The van der Waals surface area contributed by atoms with Crippen molar-refractivity contribution in [1.82, 2.24) is 21.3 Å². The summed E-state index contributed by atoms with van der Waals surface area (Å²) in [5.41, 5.74) is 4.65. The summed E-state index contributed by atoms with van der Waals surface area (Å²) in [4.78, 5) is 41.6. The predicted octanol–water partition coefficient (Wildman–Crippen LogP) is 6.37. The van der Waals surface area contributed by atoms with Gasteiger partial charge in [-0.15, -0.1) is 11.8 Å². The molecule has 7 nitrogen and oxygen atoms in total. The number of thioether (sulfide) groups is 1. The van der Waals surface area contributed by atoms with Crippen molar-refractivity contribution in [3.8, 4) is 0 Å². The number of aryl methyl sites for hydroxylation is 1. The molecule has 3 aromatic rings. The molecule has 0 heterocycles. The Morgan fingerprint density at radius 2 is 1.33 bits per heavy atom. The van der Waals surface area contributed by atoms with Crippen LogP contribution >= 0.6 is 11.8 Å². The third-order valence-electron chi connectivity index (χ3n) is 9.70. The minimum absolute atomic E-state index is 0.0175. The van der Waals surface area contributed by atoms with Gasteiger partial charge in [-0.2, -0.15) is 0 Å². The lowest BCUT2D eigenvalue weighted by Gasteiger charge is -2.37. The summed E-state index contributed by atoms with van der Waals surface area (Å²) in [5.74, 6) is -0.113. The lowest BCUT2D eigenvalue weighted by molar-refractivity contribution is -0.134. The van der Waals surface area contributed by atoms with Crippen LogP contribution in [-0.2, 0) is 26.6 Å². The Hall–Kier alpha value is -3.62. The Morgan fingerprint density at radius 3 is 1.88 bits per heavy atom. The van der Waals surface area contributed by atoms with Crippen molar-refractivity contribution in [3.05, 3.63) is 107 Å². The number of likely N-dealkylation sites (N-methyl/N-ethyl adjacent to an activating group) is 1. The molecule has 0 saturated heterocycles. The molecule has 3 atom stereocenters. The molecule has 8 heteroatoms. The molecular weight excluding hydrogens is 617 g/mol. The highest BCUT2D eigenvalue weighted by Gasteiger charge is 2.40. The molecule has 1 aliphatic carbocycles. The number of carbonyl (C=O) groups is 3.